The molecule has 0 fully saturated rings. The van der Waals surface area contributed by atoms with Gasteiger partial charge in [0, 0.05) is 12.0 Å². The van der Waals surface area contributed by atoms with Crippen molar-refractivity contribution < 1.29 is 9.09 Å². The number of benzene rings is 2. The summed E-state index contributed by atoms with van der Waals surface area (Å²) in [5.41, 5.74) is 1.91. The van der Waals surface area contributed by atoms with Crippen LogP contribution in [0.25, 0.3) is 11.1 Å². The fraction of sp³-hybridized carbons (Fsp3) is 0.133. The van der Waals surface area contributed by atoms with E-state index in [1.165, 1.54) is 0 Å². The zero-order valence-corrected chi connectivity index (χ0v) is 11.1. The van der Waals surface area contributed by atoms with Gasteiger partial charge < -0.3 is 4.52 Å². The molecular weight excluding hydrogens is 257 g/mol. The van der Waals surface area contributed by atoms with Crippen LogP contribution in [0, 0.1) is 11.3 Å². The molecule has 0 radical (unpaired) electrons. The van der Waals surface area contributed by atoms with Gasteiger partial charge in [0.2, 0.25) is 0 Å². The largest absolute Gasteiger partial charge is 0.439 e. The van der Waals surface area contributed by atoms with E-state index >= 15 is 0 Å². The maximum atomic E-state index is 13.0. The predicted octanol–water partition coefficient (Wildman–Crippen LogP) is 3.56. The van der Waals surface area contributed by atoms with Crippen molar-refractivity contribution >= 4 is 12.7 Å². The topological polar surface area (TPSA) is 50.1 Å². The van der Waals surface area contributed by atoms with Crippen molar-refractivity contribution in [2.75, 3.05) is 6.16 Å². The Morgan fingerprint density at radius 2 is 1.74 bits per heavy atom. The fourth-order valence-electron chi connectivity index (χ4n) is 2.34. The van der Waals surface area contributed by atoms with Crippen LogP contribution in [-0.4, -0.2) is 6.16 Å². The number of para-hydroxylation sites is 1. The standard InChI is InChI=1S/C15H12NO2P/c16-10-5-11-19(17)15-9-4-2-7-13(15)12-6-1-3-8-14(12)18-19/h1-4,6-9H,5,11H2. The molecule has 19 heavy (non-hydrogen) atoms. The molecular formula is C15H12NO2P. The molecule has 3 nitrogen and oxygen atoms in total. The number of nitriles is 1. The summed E-state index contributed by atoms with van der Waals surface area (Å²) in [6.45, 7) is 0. The molecule has 0 saturated heterocycles. The molecule has 2 aromatic carbocycles. The molecule has 3 rings (SSSR count). The van der Waals surface area contributed by atoms with Crippen LogP contribution in [0.5, 0.6) is 5.75 Å². The van der Waals surface area contributed by atoms with Crippen molar-refractivity contribution in [3.8, 4) is 22.9 Å². The minimum Gasteiger partial charge on any atom is -0.439 e. The Kier molecular flexibility index (Phi) is 2.89. The highest BCUT2D eigenvalue weighted by molar-refractivity contribution is 7.67. The Bertz CT molecular complexity index is 718. The van der Waals surface area contributed by atoms with Crippen molar-refractivity contribution in [3.63, 3.8) is 0 Å². The van der Waals surface area contributed by atoms with E-state index in [0.29, 0.717) is 5.75 Å². The first-order valence-electron chi connectivity index (χ1n) is 6.09. The number of fused-ring (bicyclic) bond motifs is 3. The molecule has 0 aliphatic carbocycles. The van der Waals surface area contributed by atoms with Crippen LogP contribution in [0.15, 0.2) is 48.5 Å². The van der Waals surface area contributed by atoms with Crippen molar-refractivity contribution in [1.29, 1.82) is 5.26 Å². The zero-order chi connectivity index (χ0) is 13.3. The molecule has 0 N–H and O–H groups in total. The van der Waals surface area contributed by atoms with Crippen molar-refractivity contribution in [3.05, 3.63) is 48.5 Å². The first kappa shape index (κ1) is 12.0. The van der Waals surface area contributed by atoms with E-state index in [1.807, 2.05) is 54.6 Å². The molecule has 2 aromatic rings. The van der Waals surface area contributed by atoms with Crippen LogP contribution in [0.4, 0.5) is 0 Å². The molecule has 4 heteroatoms. The van der Waals surface area contributed by atoms with Gasteiger partial charge in [-0.1, -0.05) is 36.4 Å². The zero-order valence-electron chi connectivity index (χ0n) is 10.2. The summed E-state index contributed by atoms with van der Waals surface area (Å²) in [4.78, 5) is 0. The Morgan fingerprint density at radius 1 is 1.05 bits per heavy atom. The number of rotatable bonds is 2. The third-order valence-electron chi connectivity index (χ3n) is 3.21. The number of nitrogens with zero attached hydrogens (tertiary/aromatic N) is 1. The SMILES string of the molecule is N#CCCP1(=O)Oc2ccccc2-c2ccccc21. The Labute approximate surface area is 111 Å². The molecule has 0 amide bonds. The van der Waals surface area contributed by atoms with Crippen molar-refractivity contribution in [2.45, 2.75) is 6.42 Å². The van der Waals surface area contributed by atoms with E-state index in [1.54, 1.807) is 0 Å². The molecule has 94 valence electrons. The summed E-state index contributed by atoms with van der Waals surface area (Å²) in [5, 5.41) is 9.45. The van der Waals surface area contributed by atoms with E-state index in [0.717, 1.165) is 16.4 Å². The van der Waals surface area contributed by atoms with E-state index in [4.69, 9.17) is 9.79 Å². The fourth-order valence-corrected chi connectivity index (χ4v) is 4.52. The van der Waals surface area contributed by atoms with Gasteiger partial charge in [-0.25, -0.2) is 0 Å². The summed E-state index contributed by atoms with van der Waals surface area (Å²) in [5.74, 6) is 0.641. The quantitative estimate of drug-likeness (QED) is 0.783. The second-order valence-corrected chi connectivity index (χ2v) is 6.87. The van der Waals surface area contributed by atoms with Gasteiger partial charge in [0.05, 0.1) is 17.5 Å². The Balaban J connectivity index is 2.20. The molecule has 0 aromatic heterocycles. The Morgan fingerprint density at radius 3 is 2.53 bits per heavy atom. The van der Waals surface area contributed by atoms with Gasteiger partial charge in [0.15, 0.2) is 0 Å². The number of hydrogen-bond donors (Lipinski definition) is 0. The highest BCUT2D eigenvalue weighted by Gasteiger charge is 2.35. The average Bonchev–Trinajstić information content (AvgIpc) is 2.46. The first-order valence-corrected chi connectivity index (χ1v) is 7.90. The molecule has 1 heterocycles. The van der Waals surface area contributed by atoms with Gasteiger partial charge >= 0.3 is 0 Å². The van der Waals surface area contributed by atoms with Crippen molar-refractivity contribution in [2.24, 2.45) is 0 Å². The average molecular weight is 269 g/mol. The van der Waals surface area contributed by atoms with Crippen LogP contribution >= 0.6 is 7.37 Å². The molecule has 1 atom stereocenters. The van der Waals surface area contributed by atoms with E-state index in [2.05, 4.69) is 0 Å². The van der Waals surface area contributed by atoms with E-state index < -0.39 is 7.37 Å². The maximum absolute atomic E-state index is 13.0. The molecule has 1 aliphatic heterocycles. The summed E-state index contributed by atoms with van der Waals surface area (Å²) in [7, 11) is -2.97. The highest BCUT2D eigenvalue weighted by Crippen LogP contribution is 2.54. The molecule has 0 saturated carbocycles. The summed E-state index contributed by atoms with van der Waals surface area (Å²) < 4.78 is 18.8. The van der Waals surface area contributed by atoms with Crippen LogP contribution in [0.3, 0.4) is 0 Å². The van der Waals surface area contributed by atoms with Crippen molar-refractivity contribution in [1.82, 2.24) is 0 Å². The van der Waals surface area contributed by atoms with Gasteiger partial charge in [-0.15, -0.1) is 0 Å². The van der Waals surface area contributed by atoms with Gasteiger partial charge in [-0.2, -0.15) is 5.26 Å². The normalized spacial score (nSPS) is 19.7. The van der Waals surface area contributed by atoms with Gasteiger partial charge in [0.1, 0.15) is 5.75 Å². The smallest absolute Gasteiger partial charge is 0.278 e. The molecule has 0 spiro atoms. The molecule has 1 unspecified atom stereocenters. The summed E-state index contributed by atoms with van der Waals surface area (Å²) in [6, 6.07) is 17.2. The second-order valence-electron chi connectivity index (χ2n) is 4.41. The van der Waals surface area contributed by atoms with Crippen LogP contribution in [0.1, 0.15) is 6.42 Å². The monoisotopic (exact) mass is 269 g/mol. The minimum atomic E-state index is -2.97. The molecule has 1 aliphatic rings. The van der Waals surface area contributed by atoms with Crippen LogP contribution in [0.2, 0.25) is 0 Å². The minimum absolute atomic E-state index is 0.230. The third kappa shape index (κ3) is 1.95. The van der Waals surface area contributed by atoms with E-state index in [9.17, 15) is 4.57 Å². The lowest BCUT2D eigenvalue weighted by Crippen LogP contribution is -2.19. The second kappa shape index (κ2) is 4.57. The lowest BCUT2D eigenvalue weighted by molar-refractivity contribution is 0.491. The third-order valence-corrected chi connectivity index (χ3v) is 5.64. The lowest BCUT2D eigenvalue weighted by atomic mass is 10.0. The van der Waals surface area contributed by atoms with Crippen LogP contribution in [-0.2, 0) is 4.57 Å². The van der Waals surface area contributed by atoms with Gasteiger partial charge in [-0.3, -0.25) is 4.57 Å². The van der Waals surface area contributed by atoms with E-state index in [-0.39, 0.29) is 12.6 Å². The molecule has 0 bridgehead atoms. The summed E-state index contributed by atoms with van der Waals surface area (Å²) >= 11 is 0. The lowest BCUT2D eigenvalue weighted by Gasteiger charge is -2.28. The Hall–Kier alpha value is -2.04. The predicted molar refractivity (Wildman–Crippen MR) is 74.8 cm³/mol. The van der Waals surface area contributed by atoms with Gasteiger partial charge in [0.25, 0.3) is 7.37 Å². The number of hydrogen-bond acceptors (Lipinski definition) is 3. The maximum Gasteiger partial charge on any atom is 0.278 e. The first-order chi connectivity index (χ1) is 9.24. The summed E-state index contributed by atoms with van der Waals surface area (Å²) in [6.07, 6.45) is 0.489. The van der Waals surface area contributed by atoms with Crippen LogP contribution < -0.4 is 9.83 Å². The highest BCUT2D eigenvalue weighted by atomic mass is 31.2. The van der Waals surface area contributed by atoms with Gasteiger partial charge in [-0.05, 0) is 17.7 Å².